The molecule has 30 heavy (non-hydrogen) atoms. The van der Waals surface area contributed by atoms with Crippen LogP contribution in [0.5, 0.6) is 0 Å². The maximum atomic E-state index is 2.63. The molecule has 1 saturated heterocycles. The van der Waals surface area contributed by atoms with Gasteiger partial charge in [-0.3, -0.25) is 0 Å². The van der Waals surface area contributed by atoms with Crippen molar-refractivity contribution in [2.24, 2.45) is 16.2 Å². The molecule has 1 fully saturated rings. The molecular weight excluding hydrogens is 376 g/mol. The van der Waals surface area contributed by atoms with Crippen LogP contribution in [0.1, 0.15) is 147 Å². The predicted molar refractivity (Wildman–Crippen MR) is 142 cm³/mol. The van der Waals surface area contributed by atoms with Gasteiger partial charge in [-0.1, -0.05) is 121 Å². The molecule has 1 heterocycles. The van der Waals surface area contributed by atoms with E-state index in [0.29, 0.717) is 26.3 Å². The van der Waals surface area contributed by atoms with Crippen LogP contribution < -0.4 is 0 Å². The van der Waals surface area contributed by atoms with Crippen molar-refractivity contribution in [3.05, 3.63) is 0 Å². The molecule has 0 aromatic rings. The molecule has 0 bridgehead atoms. The molecular formula is C29H60Si. The van der Waals surface area contributed by atoms with Crippen LogP contribution in [0.25, 0.3) is 0 Å². The zero-order valence-corrected chi connectivity index (χ0v) is 24.5. The van der Waals surface area contributed by atoms with E-state index >= 15 is 0 Å². The quantitative estimate of drug-likeness (QED) is 0.267. The normalized spacial score (nSPS) is 25.2. The number of hydrogen-bond acceptors (Lipinski definition) is 0. The number of hydrogen-bond donors (Lipinski definition) is 0. The van der Waals surface area contributed by atoms with Crippen molar-refractivity contribution in [3.63, 3.8) is 0 Å². The molecule has 0 saturated carbocycles. The highest BCUT2D eigenvalue weighted by Gasteiger charge is 2.81. The van der Waals surface area contributed by atoms with E-state index in [1.54, 1.807) is 0 Å². The maximum absolute atomic E-state index is 2.63. The average molecular weight is 437 g/mol. The van der Waals surface area contributed by atoms with Gasteiger partial charge in [0.05, 0.1) is 8.07 Å². The molecule has 0 atom stereocenters. The molecule has 0 aliphatic carbocycles. The van der Waals surface area contributed by atoms with Gasteiger partial charge >= 0.3 is 0 Å². The van der Waals surface area contributed by atoms with Crippen molar-refractivity contribution in [3.8, 4) is 0 Å². The topological polar surface area (TPSA) is 0 Å². The van der Waals surface area contributed by atoms with E-state index < -0.39 is 8.07 Å². The molecule has 0 amide bonds. The van der Waals surface area contributed by atoms with Gasteiger partial charge in [0.2, 0.25) is 0 Å². The average Bonchev–Trinajstić information content (AvgIpc) is 2.81. The molecule has 180 valence electrons. The largest absolute Gasteiger partial charge is 0.0677 e. The molecule has 0 spiro atoms. The van der Waals surface area contributed by atoms with Crippen molar-refractivity contribution >= 4 is 8.07 Å². The van der Waals surface area contributed by atoms with Crippen molar-refractivity contribution in [2.45, 2.75) is 169 Å². The van der Waals surface area contributed by atoms with Crippen LogP contribution in [-0.4, -0.2) is 8.07 Å². The van der Waals surface area contributed by atoms with Crippen LogP contribution in [0, 0.1) is 16.2 Å². The summed E-state index contributed by atoms with van der Waals surface area (Å²) in [4.78, 5) is 0. The lowest BCUT2D eigenvalue weighted by Gasteiger charge is -2.83. The van der Waals surface area contributed by atoms with E-state index in [1.165, 1.54) is 76.3 Å². The van der Waals surface area contributed by atoms with Crippen LogP contribution in [0.3, 0.4) is 0 Å². The highest BCUT2D eigenvalue weighted by atomic mass is 28.3. The minimum Gasteiger partial charge on any atom is -0.0677 e. The first-order chi connectivity index (χ1) is 14.2. The first-order valence-electron chi connectivity index (χ1n) is 14.2. The fourth-order valence-corrected chi connectivity index (χ4v) is 22.2. The van der Waals surface area contributed by atoms with Gasteiger partial charge in [0.15, 0.2) is 0 Å². The molecule has 1 heteroatoms. The zero-order chi connectivity index (χ0) is 23.5. The Morgan fingerprint density at radius 3 is 0.700 bits per heavy atom. The van der Waals surface area contributed by atoms with Gasteiger partial charge in [-0.05, 0) is 64.8 Å². The van der Waals surface area contributed by atoms with E-state index in [2.05, 4.69) is 83.1 Å². The summed E-state index contributed by atoms with van der Waals surface area (Å²) in [6, 6.07) is 2.97. The summed E-state index contributed by atoms with van der Waals surface area (Å²) in [5.74, 6) is 0. The Labute approximate surface area is 193 Å². The lowest BCUT2D eigenvalue weighted by atomic mass is 9.38. The second-order valence-corrected chi connectivity index (χ2v) is 16.2. The lowest BCUT2D eigenvalue weighted by Crippen LogP contribution is -2.78. The predicted octanol–water partition coefficient (Wildman–Crippen LogP) is 11.0. The molecule has 1 aliphatic rings. The highest BCUT2D eigenvalue weighted by Crippen LogP contribution is 2.89. The summed E-state index contributed by atoms with van der Waals surface area (Å²) in [7, 11) is -1.67. The summed E-state index contributed by atoms with van der Waals surface area (Å²) in [6.07, 6.45) is 13.9. The van der Waals surface area contributed by atoms with Crippen molar-refractivity contribution in [1.29, 1.82) is 0 Å². The van der Waals surface area contributed by atoms with Crippen LogP contribution >= 0.6 is 0 Å². The Morgan fingerprint density at radius 1 is 0.333 bits per heavy atom. The zero-order valence-electron chi connectivity index (χ0n) is 23.5. The van der Waals surface area contributed by atoms with Crippen molar-refractivity contribution in [1.82, 2.24) is 0 Å². The Hall–Kier alpha value is 0.217. The van der Waals surface area contributed by atoms with Gasteiger partial charge in [0.1, 0.15) is 0 Å². The molecule has 0 nitrogen and oxygen atoms in total. The second kappa shape index (κ2) is 10.0. The van der Waals surface area contributed by atoms with Crippen LogP contribution in [0.2, 0.25) is 22.2 Å². The van der Waals surface area contributed by atoms with Gasteiger partial charge in [-0.25, -0.2) is 0 Å². The van der Waals surface area contributed by atoms with Crippen LogP contribution in [0.4, 0.5) is 0 Å². The minimum absolute atomic E-state index is 0.450. The van der Waals surface area contributed by atoms with E-state index in [-0.39, 0.29) is 0 Å². The standard InChI is InChI=1S/C29H60Si/c1-13-25(14-2)26(15-3,16-4)28(19-7,20-8)30(23-11,24-12)29(21-9,22-10)27(25,17-5)18-6/h13-24H2,1-12H3. The Bertz CT molecular complexity index is 358. The van der Waals surface area contributed by atoms with Crippen LogP contribution in [-0.2, 0) is 0 Å². The third-order valence-corrected chi connectivity index (χ3v) is 21.2. The molecule has 1 rings (SSSR count). The van der Waals surface area contributed by atoms with Gasteiger partial charge < -0.3 is 0 Å². The summed E-state index contributed by atoms with van der Waals surface area (Å²) < 4.78 is 0. The van der Waals surface area contributed by atoms with Gasteiger partial charge in [0.25, 0.3) is 0 Å². The third kappa shape index (κ3) is 2.57. The Morgan fingerprint density at radius 2 is 0.567 bits per heavy atom. The van der Waals surface area contributed by atoms with E-state index in [0.717, 1.165) is 0 Å². The first-order valence-corrected chi connectivity index (χ1v) is 16.6. The minimum atomic E-state index is -1.67. The molecule has 1 aliphatic heterocycles. The van der Waals surface area contributed by atoms with Gasteiger partial charge in [-0.15, -0.1) is 0 Å². The first kappa shape index (κ1) is 28.2. The van der Waals surface area contributed by atoms with Gasteiger partial charge in [-0.2, -0.15) is 0 Å². The smallest absolute Gasteiger partial charge is 0.0665 e. The molecule has 0 aromatic carbocycles. The molecule has 0 N–H and O–H groups in total. The molecule has 0 aromatic heterocycles. The SMILES string of the molecule is CCC1(CC)C(CC)(CC)C(CC)(CC)[Si](CC)(CC)C(CC)(CC)C1(CC)CC. The fourth-order valence-electron chi connectivity index (χ4n) is 12.4. The van der Waals surface area contributed by atoms with E-state index in [9.17, 15) is 0 Å². The molecule has 0 unspecified atom stereocenters. The van der Waals surface area contributed by atoms with E-state index in [1.807, 2.05) is 0 Å². The highest BCUT2D eigenvalue weighted by molar-refractivity contribution is 6.86. The Balaban J connectivity index is 4.54. The summed E-state index contributed by atoms with van der Waals surface area (Å²) in [5, 5.41) is 1.11. The van der Waals surface area contributed by atoms with Crippen molar-refractivity contribution < 1.29 is 0 Å². The third-order valence-electron chi connectivity index (χ3n) is 12.7. The summed E-state index contributed by atoms with van der Waals surface area (Å²) in [6.45, 7) is 31.2. The maximum Gasteiger partial charge on any atom is 0.0665 e. The summed E-state index contributed by atoms with van der Waals surface area (Å²) >= 11 is 0. The van der Waals surface area contributed by atoms with E-state index in [4.69, 9.17) is 0 Å². The Kier molecular flexibility index (Phi) is 9.42. The van der Waals surface area contributed by atoms with Gasteiger partial charge in [0, 0.05) is 0 Å². The number of rotatable bonds is 12. The van der Waals surface area contributed by atoms with Crippen molar-refractivity contribution in [2.75, 3.05) is 0 Å². The monoisotopic (exact) mass is 436 g/mol. The molecule has 0 radical (unpaired) electrons. The fraction of sp³-hybridized carbons (Fsp3) is 1.00. The second-order valence-electron chi connectivity index (χ2n) is 10.7. The lowest BCUT2D eigenvalue weighted by molar-refractivity contribution is -0.184. The summed E-state index contributed by atoms with van der Waals surface area (Å²) in [5.41, 5.74) is 1.40. The van der Waals surface area contributed by atoms with Crippen LogP contribution in [0.15, 0.2) is 0 Å².